The fraction of sp³-hybridized carbons (Fsp3) is 0.300. The van der Waals surface area contributed by atoms with E-state index in [-0.39, 0.29) is 17.9 Å². The summed E-state index contributed by atoms with van der Waals surface area (Å²) in [7, 11) is 0. The quantitative estimate of drug-likeness (QED) is 0.786. The van der Waals surface area contributed by atoms with Gasteiger partial charge in [0.25, 0.3) is 5.91 Å². The van der Waals surface area contributed by atoms with E-state index in [1.165, 1.54) is 0 Å². The van der Waals surface area contributed by atoms with Crippen LogP contribution in [0.15, 0.2) is 53.4 Å². The lowest BCUT2D eigenvalue weighted by atomic mass is 10.0. The normalized spacial score (nSPS) is 14.9. The number of thiol groups is 1. The van der Waals surface area contributed by atoms with Crippen molar-refractivity contribution in [2.24, 2.45) is 0 Å². The van der Waals surface area contributed by atoms with E-state index < -0.39 is 0 Å². The van der Waals surface area contributed by atoms with E-state index in [1.807, 2.05) is 29.2 Å². The van der Waals surface area contributed by atoms with Crippen molar-refractivity contribution in [3.63, 3.8) is 0 Å². The number of carbonyl (C=O) groups excluding carboxylic acids is 2. The summed E-state index contributed by atoms with van der Waals surface area (Å²) in [5.74, 6) is -0.000608. The molecule has 1 aliphatic heterocycles. The Morgan fingerprint density at radius 2 is 1.73 bits per heavy atom. The van der Waals surface area contributed by atoms with Crippen molar-refractivity contribution in [2.45, 2.75) is 30.2 Å². The third-order valence-electron chi connectivity index (χ3n) is 4.60. The molecule has 0 radical (unpaired) electrons. The summed E-state index contributed by atoms with van der Waals surface area (Å²) in [6, 6.07) is 14.7. The van der Waals surface area contributed by atoms with Crippen molar-refractivity contribution in [2.75, 3.05) is 13.1 Å². The summed E-state index contributed by atoms with van der Waals surface area (Å²) in [4.78, 5) is 27.3. The van der Waals surface area contributed by atoms with Gasteiger partial charge in [0.1, 0.15) is 0 Å². The van der Waals surface area contributed by atoms with Gasteiger partial charge in [0.05, 0.1) is 12.0 Å². The molecule has 6 heteroatoms. The van der Waals surface area contributed by atoms with Gasteiger partial charge in [-0.3, -0.25) is 9.59 Å². The van der Waals surface area contributed by atoms with E-state index in [4.69, 9.17) is 11.6 Å². The van der Waals surface area contributed by atoms with Crippen LogP contribution in [0.4, 0.5) is 0 Å². The molecule has 0 aromatic heterocycles. The first-order valence-electron chi connectivity index (χ1n) is 8.64. The van der Waals surface area contributed by atoms with Crippen LogP contribution < -0.4 is 5.32 Å². The molecule has 0 aliphatic carbocycles. The molecule has 0 saturated carbocycles. The van der Waals surface area contributed by atoms with Gasteiger partial charge in [0.15, 0.2) is 0 Å². The fourth-order valence-corrected chi connectivity index (χ4v) is 3.48. The second-order valence-corrected chi connectivity index (χ2v) is 7.37. The molecule has 0 unspecified atom stereocenters. The van der Waals surface area contributed by atoms with Crippen molar-refractivity contribution < 1.29 is 9.59 Å². The summed E-state index contributed by atoms with van der Waals surface area (Å²) in [5, 5.41) is 3.72. The van der Waals surface area contributed by atoms with E-state index in [9.17, 15) is 9.59 Å². The lowest BCUT2D eigenvalue weighted by Crippen LogP contribution is -2.47. The number of likely N-dealkylation sites (tertiary alicyclic amines) is 1. The van der Waals surface area contributed by atoms with Gasteiger partial charge >= 0.3 is 0 Å². The largest absolute Gasteiger partial charge is 0.349 e. The van der Waals surface area contributed by atoms with Crippen LogP contribution in [0.5, 0.6) is 0 Å². The van der Waals surface area contributed by atoms with Gasteiger partial charge in [-0.05, 0) is 42.7 Å². The zero-order chi connectivity index (χ0) is 18.5. The minimum atomic E-state index is -0.110. The summed E-state index contributed by atoms with van der Waals surface area (Å²) < 4.78 is 0. The van der Waals surface area contributed by atoms with Crippen LogP contribution in [0.3, 0.4) is 0 Å². The highest BCUT2D eigenvalue weighted by Gasteiger charge is 2.24. The Labute approximate surface area is 163 Å². The standard InChI is InChI=1S/C20H21ClN2O2S/c21-15-7-5-14(6-8-15)13-19(24)23-11-9-16(10-12-23)22-20(25)17-3-1-2-4-18(17)26/h1-8,16,26H,9-13H2,(H,22,25). The molecule has 2 aromatic rings. The zero-order valence-corrected chi connectivity index (χ0v) is 16.0. The molecule has 1 aliphatic rings. The molecular weight excluding hydrogens is 368 g/mol. The number of amides is 2. The monoisotopic (exact) mass is 388 g/mol. The predicted molar refractivity (Wildman–Crippen MR) is 106 cm³/mol. The van der Waals surface area contributed by atoms with Gasteiger partial charge in [0, 0.05) is 29.0 Å². The van der Waals surface area contributed by atoms with Crippen molar-refractivity contribution >= 4 is 36.0 Å². The Morgan fingerprint density at radius 1 is 1.08 bits per heavy atom. The number of nitrogens with zero attached hydrogens (tertiary/aromatic N) is 1. The second kappa shape index (κ2) is 8.60. The van der Waals surface area contributed by atoms with Crippen LogP contribution in [0, 0.1) is 0 Å². The average Bonchev–Trinajstić information content (AvgIpc) is 2.64. The predicted octanol–water partition coefficient (Wildman–Crippen LogP) is 3.59. The van der Waals surface area contributed by atoms with Crippen molar-refractivity contribution in [3.05, 3.63) is 64.7 Å². The molecule has 1 saturated heterocycles. The lowest BCUT2D eigenvalue weighted by molar-refractivity contribution is -0.131. The first-order chi connectivity index (χ1) is 12.5. The number of carbonyl (C=O) groups is 2. The molecule has 136 valence electrons. The molecule has 0 bridgehead atoms. The van der Waals surface area contributed by atoms with Gasteiger partial charge in [-0.2, -0.15) is 0 Å². The highest BCUT2D eigenvalue weighted by Crippen LogP contribution is 2.17. The maximum absolute atomic E-state index is 12.4. The first-order valence-corrected chi connectivity index (χ1v) is 9.46. The molecule has 2 aromatic carbocycles. The molecular formula is C20H21ClN2O2S. The molecule has 1 heterocycles. The number of hydrogen-bond donors (Lipinski definition) is 2. The molecule has 1 N–H and O–H groups in total. The first kappa shape index (κ1) is 18.8. The Bertz CT molecular complexity index is 787. The van der Waals surface area contributed by atoms with Gasteiger partial charge in [-0.25, -0.2) is 0 Å². The van der Waals surface area contributed by atoms with Crippen LogP contribution in [-0.2, 0) is 11.2 Å². The van der Waals surface area contributed by atoms with Crippen molar-refractivity contribution in [1.29, 1.82) is 0 Å². The minimum Gasteiger partial charge on any atom is -0.349 e. The van der Waals surface area contributed by atoms with Gasteiger partial charge in [0.2, 0.25) is 5.91 Å². The van der Waals surface area contributed by atoms with Crippen LogP contribution >= 0.6 is 24.2 Å². The fourth-order valence-electron chi connectivity index (χ4n) is 3.09. The number of piperidine rings is 1. The smallest absolute Gasteiger partial charge is 0.252 e. The van der Waals surface area contributed by atoms with E-state index in [1.54, 1.807) is 24.3 Å². The lowest BCUT2D eigenvalue weighted by Gasteiger charge is -2.32. The van der Waals surface area contributed by atoms with E-state index >= 15 is 0 Å². The van der Waals surface area contributed by atoms with Crippen LogP contribution in [-0.4, -0.2) is 35.8 Å². The molecule has 0 spiro atoms. The third kappa shape index (κ3) is 4.80. The molecule has 26 heavy (non-hydrogen) atoms. The summed E-state index contributed by atoms with van der Waals surface area (Å²) in [5.41, 5.74) is 1.54. The minimum absolute atomic E-state index is 0.0787. The van der Waals surface area contributed by atoms with Crippen molar-refractivity contribution in [3.8, 4) is 0 Å². The van der Waals surface area contributed by atoms with Crippen LogP contribution in [0.2, 0.25) is 5.02 Å². The third-order valence-corrected chi connectivity index (χ3v) is 5.24. The zero-order valence-electron chi connectivity index (χ0n) is 14.3. The van der Waals surface area contributed by atoms with Gasteiger partial charge in [-0.1, -0.05) is 35.9 Å². The Balaban J connectivity index is 1.49. The molecule has 0 atom stereocenters. The number of benzene rings is 2. The summed E-state index contributed by atoms with van der Waals surface area (Å²) >= 11 is 10.2. The molecule has 1 fully saturated rings. The number of hydrogen-bond acceptors (Lipinski definition) is 3. The second-order valence-electron chi connectivity index (χ2n) is 6.45. The van der Waals surface area contributed by atoms with E-state index in [2.05, 4.69) is 17.9 Å². The van der Waals surface area contributed by atoms with Gasteiger partial charge in [-0.15, -0.1) is 12.6 Å². The maximum atomic E-state index is 12.4. The summed E-state index contributed by atoms with van der Waals surface area (Å²) in [6.45, 7) is 1.31. The van der Waals surface area contributed by atoms with E-state index in [0.717, 1.165) is 18.4 Å². The summed E-state index contributed by atoms with van der Waals surface area (Å²) in [6.07, 6.45) is 1.89. The highest BCUT2D eigenvalue weighted by molar-refractivity contribution is 7.80. The average molecular weight is 389 g/mol. The topological polar surface area (TPSA) is 49.4 Å². The van der Waals surface area contributed by atoms with Crippen molar-refractivity contribution in [1.82, 2.24) is 10.2 Å². The Hall–Kier alpha value is -1.98. The molecule has 3 rings (SSSR count). The number of nitrogens with one attached hydrogen (secondary N) is 1. The van der Waals surface area contributed by atoms with Crippen LogP contribution in [0.1, 0.15) is 28.8 Å². The molecule has 4 nitrogen and oxygen atoms in total. The number of rotatable bonds is 4. The Kier molecular flexibility index (Phi) is 6.22. The maximum Gasteiger partial charge on any atom is 0.252 e. The van der Waals surface area contributed by atoms with Crippen LogP contribution in [0.25, 0.3) is 0 Å². The Morgan fingerprint density at radius 3 is 2.38 bits per heavy atom. The highest BCUT2D eigenvalue weighted by atomic mass is 35.5. The van der Waals surface area contributed by atoms with E-state index in [0.29, 0.717) is 35.0 Å². The van der Waals surface area contributed by atoms with Gasteiger partial charge < -0.3 is 10.2 Å². The SMILES string of the molecule is O=C(NC1CCN(C(=O)Cc2ccc(Cl)cc2)CC1)c1ccccc1S. The molecule has 2 amide bonds. The number of halogens is 1.